The van der Waals surface area contributed by atoms with Gasteiger partial charge in [0.15, 0.2) is 17.0 Å². The van der Waals surface area contributed by atoms with Crippen LogP contribution in [0.1, 0.15) is 16.2 Å². The Kier molecular flexibility index (Phi) is 5.76. The fraction of sp³-hybridized carbons (Fsp3) is 0.0952. The van der Waals surface area contributed by atoms with Gasteiger partial charge in [0.2, 0.25) is 0 Å². The second-order valence-electron chi connectivity index (χ2n) is 6.44. The van der Waals surface area contributed by atoms with Gasteiger partial charge in [0.05, 0.1) is 15.9 Å². The SMILES string of the molecule is CSc1ccccc1NC(=O)c1nn2c(C(F)(F)F)cc(-c3ccccc3)nc2c1Br. The molecule has 1 amide bonds. The summed E-state index contributed by atoms with van der Waals surface area (Å²) >= 11 is 4.66. The standard InChI is InChI=1S/C21H14BrF3N4OS/c1-31-15-10-6-5-9-13(15)27-20(30)18-17(22)19-26-14(12-7-3-2-4-8-12)11-16(21(23,24)25)29(19)28-18/h2-11H,1H3,(H,27,30). The van der Waals surface area contributed by atoms with Crippen LogP contribution in [0.15, 0.2) is 70.0 Å². The molecule has 0 radical (unpaired) electrons. The summed E-state index contributed by atoms with van der Waals surface area (Å²) in [6, 6.07) is 16.5. The van der Waals surface area contributed by atoms with Crippen LogP contribution < -0.4 is 5.32 Å². The summed E-state index contributed by atoms with van der Waals surface area (Å²) in [5, 5.41) is 6.64. The zero-order valence-corrected chi connectivity index (χ0v) is 18.3. The van der Waals surface area contributed by atoms with Gasteiger partial charge in [-0.1, -0.05) is 42.5 Å². The maximum absolute atomic E-state index is 13.8. The molecular formula is C21H14BrF3N4OS. The van der Waals surface area contributed by atoms with Crippen molar-refractivity contribution in [1.29, 1.82) is 0 Å². The molecular weight excluding hydrogens is 493 g/mol. The number of hydrogen-bond acceptors (Lipinski definition) is 4. The lowest BCUT2D eigenvalue weighted by molar-refractivity contribution is -0.142. The Balaban J connectivity index is 1.85. The minimum Gasteiger partial charge on any atom is -0.320 e. The zero-order valence-electron chi connectivity index (χ0n) is 15.9. The van der Waals surface area contributed by atoms with Crippen molar-refractivity contribution in [3.8, 4) is 11.3 Å². The van der Waals surface area contributed by atoms with E-state index in [1.165, 1.54) is 11.8 Å². The van der Waals surface area contributed by atoms with E-state index < -0.39 is 17.8 Å². The summed E-state index contributed by atoms with van der Waals surface area (Å²) in [6.07, 6.45) is -2.84. The summed E-state index contributed by atoms with van der Waals surface area (Å²) in [7, 11) is 0. The molecule has 0 bridgehead atoms. The molecule has 0 atom stereocenters. The highest BCUT2D eigenvalue weighted by atomic mass is 79.9. The van der Waals surface area contributed by atoms with Gasteiger partial charge in [-0.2, -0.15) is 18.3 Å². The van der Waals surface area contributed by atoms with Crippen LogP contribution >= 0.6 is 27.7 Å². The summed E-state index contributed by atoms with van der Waals surface area (Å²) in [5.41, 5.74) is -0.140. The quantitative estimate of drug-likeness (QED) is 0.337. The number of para-hydroxylation sites is 1. The van der Waals surface area contributed by atoms with Gasteiger partial charge in [-0.15, -0.1) is 11.8 Å². The van der Waals surface area contributed by atoms with Gasteiger partial charge >= 0.3 is 6.18 Å². The smallest absolute Gasteiger partial charge is 0.320 e. The fourth-order valence-corrected chi connectivity index (χ4v) is 4.09. The van der Waals surface area contributed by atoms with Gasteiger partial charge in [0.25, 0.3) is 5.91 Å². The molecule has 0 saturated heterocycles. The largest absolute Gasteiger partial charge is 0.433 e. The van der Waals surface area contributed by atoms with Crippen molar-refractivity contribution in [3.63, 3.8) is 0 Å². The number of hydrogen-bond donors (Lipinski definition) is 1. The average molecular weight is 507 g/mol. The van der Waals surface area contributed by atoms with Gasteiger partial charge in [-0.05, 0) is 40.4 Å². The number of alkyl halides is 3. The molecule has 4 rings (SSSR count). The van der Waals surface area contributed by atoms with E-state index in [0.29, 0.717) is 15.8 Å². The van der Waals surface area contributed by atoms with E-state index >= 15 is 0 Å². The van der Waals surface area contributed by atoms with E-state index in [0.717, 1.165) is 11.0 Å². The Hall–Kier alpha value is -2.85. The molecule has 0 spiro atoms. The minimum atomic E-state index is -4.70. The maximum atomic E-state index is 13.8. The molecule has 0 saturated carbocycles. The number of rotatable bonds is 4. The summed E-state index contributed by atoms with van der Waals surface area (Å²) in [5.74, 6) is -0.645. The van der Waals surface area contributed by atoms with Crippen molar-refractivity contribution < 1.29 is 18.0 Å². The number of anilines is 1. The minimum absolute atomic E-state index is 0.0786. The highest BCUT2D eigenvalue weighted by Gasteiger charge is 2.36. The van der Waals surface area contributed by atoms with Gasteiger partial charge in [0, 0.05) is 10.5 Å². The molecule has 0 aliphatic heterocycles. The lowest BCUT2D eigenvalue weighted by atomic mass is 10.1. The van der Waals surface area contributed by atoms with Crippen LogP contribution in [0.4, 0.5) is 18.9 Å². The summed E-state index contributed by atoms with van der Waals surface area (Å²) in [4.78, 5) is 18.0. The predicted molar refractivity (Wildman–Crippen MR) is 117 cm³/mol. The lowest BCUT2D eigenvalue weighted by Gasteiger charge is -2.11. The Bertz CT molecular complexity index is 1280. The molecule has 4 aromatic rings. The van der Waals surface area contributed by atoms with Crippen molar-refractivity contribution in [2.75, 3.05) is 11.6 Å². The monoisotopic (exact) mass is 506 g/mol. The van der Waals surface area contributed by atoms with Crippen LogP contribution in [-0.2, 0) is 6.18 Å². The van der Waals surface area contributed by atoms with Crippen LogP contribution in [0.3, 0.4) is 0 Å². The molecule has 0 fully saturated rings. The fourth-order valence-electron chi connectivity index (χ4n) is 3.02. The van der Waals surface area contributed by atoms with Crippen LogP contribution in [-0.4, -0.2) is 26.8 Å². The number of carbonyl (C=O) groups is 1. The Morgan fingerprint density at radius 3 is 2.45 bits per heavy atom. The molecule has 158 valence electrons. The molecule has 10 heteroatoms. The number of benzene rings is 2. The van der Waals surface area contributed by atoms with Crippen molar-refractivity contribution in [1.82, 2.24) is 14.6 Å². The molecule has 2 aromatic carbocycles. The van der Waals surface area contributed by atoms with Gasteiger partial charge in [-0.3, -0.25) is 4.79 Å². The van der Waals surface area contributed by atoms with E-state index in [2.05, 4.69) is 31.3 Å². The van der Waals surface area contributed by atoms with E-state index in [4.69, 9.17) is 0 Å². The first-order valence-electron chi connectivity index (χ1n) is 8.96. The third-order valence-electron chi connectivity index (χ3n) is 4.46. The number of nitrogens with one attached hydrogen (secondary N) is 1. The number of thioether (sulfide) groups is 1. The first-order valence-corrected chi connectivity index (χ1v) is 11.0. The molecule has 0 aliphatic rings. The molecule has 2 aromatic heterocycles. The molecule has 31 heavy (non-hydrogen) atoms. The molecule has 0 unspecified atom stereocenters. The van der Waals surface area contributed by atoms with Crippen molar-refractivity contribution in [3.05, 3.63) is 76.5 Å². The van der Waals surface area contributed by atoms with E-state index in [1.807, 2.05) is 18.4 Å². The maximum Gasteiger partial charge on any atom is 0.433 e. The third-order valence-corrected chi connectivity index (χ3v) is 5.99. The van der Waals surface area contributed by atoms with Gasteiger partial charge < -0.3 is 5.32 Å². The third kappa shape index (κ3) is 4.17. The highest BCUT2D eigenvalue weighted by Crippen LogP contribution is 2.35. The number of nitrogens with zero attached hydrogens (tertiary/aromatic N) is 3. The van der Waals surface area contributed by atoms with Gasteiger partial charge in [-0.25, -0.2) is 9.50 Å². The van der Waals surface area contributed by atoms with Crippen LogP contribution in [0.2, 0.25) is 0 Å². The normalized spacial score (nSPS) is 11.6. The highest BCUT2D eigenvalue weighted by molar-refractivity contribution is 9.10. The lowest BCUT2D eigenvalue weighted by Crippen LogP contribution is -2.16. The summed E-state index contributed by atoms with van der Waals surface area (Å²) < 4.78 is 42.1. The van der Waals surface area contributed by atoms with Crippen LogP contribution in [0.25, 0.3) is 16.9 Å². The first kappa shape index (κ1) is 21.4. The average Bonchev–Trinajstić information content (AvgIpc) is 3.10. The number of aromatic nitrogens is 3. The topological polar surface area (TPSA) is 59.3 Å². The molecule has 1 N–H and O–H groups in total. The van der Waals surface area contributed by atoms with E-state index in [-0.39, 0.29) is 21.5 Å². The summed E-state index contributed by atoms with van der Waals surface area (Å²) in [6.45, 7) is 0. The van der Waals surface area contributed by atoms with E-state index in [9.17, 15) is 18.0 Å². The zero-order chi connectivity index (χ0) is 22.2. The van der Waals surface area contributed by atoms with Crippen LogP contribution in [0.5, 0.6) is 0 Å². The Labute approximate surface area is 187 Å². The molecule has 2 heterocycles. The molecule has 0 aliphatic carbocycles. The number of carbonyl (C=O) groups excluding carboxylic acids is 1. The number of amides is 1. The predicted octanol–water partition coefficient (Wildman–Crippen LogP) is 6.15. The number of halogens is 4. The second kappa shape index (κ2) is 8.35. The van der Waals surface area contributed by atoms with Crippen molar-refractivity contribution in [2.24, 2.45) is 0 Å². The first-order chi connectivity index (χ1) is 14.8. The second-order valence-corrected chi connectivity index (χ2v) is 8.08. The Morgan fingerprint density at radius 2 is 1.77 bits per heavy atom. The van der Waals surface area contributed by atoms with Crippen LogP contribution in [0, 0.1) is 0 Å². The van der Waals surface area contributed by atoms with Crippen molar-refractivity contribution in [2.45, 2.75) is 11.1 Å². The molecule has 5 nitrogen and oxygen atoms in total. The van der Waals surface area contributed by atoms with E-state index in [1.54, 1.807) is 42.5 Å². The van der Waals surface area contributed by atoms with Gasteiger partial charge in [0.1, 0.15) is 0 Å². The van der Waals surface area contributed by atoms with Crippen molar-refractivity contribution >= 4 is 44.9 Å². The Morgan fingerprint density at radius 1 is 1.10 bits per heavy atom. The number of fused-ring (bicyclic) bond motifs is 1.